The molecule has 0 radical (unpaired) electrons. The highest BCUT2D eigenvalue weighted by atomic mass is 79.9. The Hall–Kier alpha value is -1.32. The van der Waals surface area contributed by atoms with Crippen molar-refractivity contribution in [2.24, 2.45) is 0 Å². The summed E-state index contributed by atoms with van der Waals surface area (Å²) in [5.74, 6) is 1.99. The van der Waals surface area contributed by atoms with Crippen molar-refractivity contribution in [2.45, 2.75) is 24.3 Å². The minimum absolute atomic E-state index is 0.449. The lowest BCUT2D eigenvalue weighted by molar-refractivity contribution is 0.706. The molecule has 3 aromatic rings. The Morgan fingerprint density at radius 2 is 2.00 bits per heavy atom. The summed E-state index contributed by atoms with van der Waals surface area (Å²) in [6.07, 6.45) is 1.16. The highest BCUT2D eigenvalue weighted by Gasteiger charge is 2.41. The largest absolute Gasteiger partial charge is 0.323 e. The van der Waals surface area contributed by atoms with Crippen molar-refractivity contribution in [1.29, 1.82) is 0 Å². The summed E-state index contributed by atoms with van der Waals surface area (Å²) in [5.41, 5.74) is 3.59. The van der Waals surface area contributed by atoms with E-state index in [0.717, 1.165) is 22.2 Å². The second-order valence-electron chi connectivity index (χ2n) is 5.48. The molecule has 0 saturated heterocycles. The lowest BCUT2D eigenvalue weighted by Crippen LogP contribution is -2.01. The summed E-state index contributed by atoms with van der Waals surface area (Å²) in [6, 6.07) is 17.4. The van der Waals surface area contributed by atoms with Crippen molar-refractivity contribution in [3.05, 3.63) is 64.4 Å². The lowest BCUT2D eigenvalue weighted by atomic mass is 10.1. The molecule has 0 N–H and O–H groups in total. The van der Waals surface area contributed by atoms with E-state index in [1.165, 1.54) is 11.1 Å². The Balaban J connectivity index is 1.79. The molecule has 1 heterocycles. The number of nitrogens with zero attached hydrogens (tertiary/aromatic N) is 2. The molecule has 21 heavy (non-hydrogen) atoms. The van der Waals surface area contributed by atoms with Gasteiger partial charge in [0.05, 0.1) is 16.9 Å². The van der Waals surface area contributed by atoms with Crippen LogP contribution >= 0.6 is 27.5 Å². The first kappa shape index (κ1) is 13.4. The monoisotopic (exact) mass is 360 g/mol. The number of halogens is 2. The molecular formula is C17H14BrClN2. The molecule has 2 unspecified atom stereocenters. The number of benzene rings is 2. The number of aromatic nitrogens is 2. The highest BCUT2D eigenvalue weighted by Crippen LogP contribution is 2.53. The van der Waals surface area contributed by atoms with Crippen molar-refractivity contribution in [3.63, 3.8) is 0 Å². The van der Waals surface area contributed by atoms with Crippen LogP contribution < -0.4 is 0 Å². The Labute approximate surface area is 136 Å². The zero-order valence-corrected chi connectivity index (χ0v) is 13.7. The fraction of sp³-hybridized carbons (Fsp3) is 0.235. The smallest absolute Gasteiger partial charge is 0.125 e. The molecule has 2 aromatic carbocycles. The van der Waals surface area contributed by atoms with Crippen LogP contribution in [-0.4, -0.2) is 9.55 Å². The van der Waals surface area contributed by atoms with Crippen LogP contribution in [-0.2, 0) is 5.88 Å². The standard InChI is InChI=1S/C17H14BrClN2/c18-12-6-7-14-16(8-12)21(17(10-19)20-14)15-9-13(15)11-4-2-1-3-5-11/h1-8,13,15H,9-10H2. The third-order valence-electron chi connectivity index (χ3n) is 4.16. The van der Waals surface area contributed by atoms with Gasteiger partial charge in [-0.2, -0.15) is 0 Å². The minimum Gasteiger partial charge on any atom is -0.323 e. The van der Waals surface area contributed by atoms with Gasteiger partial charge in [-0.15, -0.1) is 11.6 Å². The molecule has 0 bridgehead atoms. The van der Waals surface area contributed by atoms with Gasteiger partial charge in [0.1, 0.15) is 5.82 Å². The molecule has 1 aliphatic carbocycles. The number of rotatable bonds is 3. The quantitative estimate of drug-likeness (QED) is 0.581. The van der Waals surface area contributed by atoms with E-state index in [1.807, 2.05) is 12.1 Å². The fourth-order valence-electron chi connectivity index (χ4n) is 3.11. The van der Waals surface area contributed by atoms with E-state index in [9.17, 15) is 0 Å². The van der Waals surface area contributed by atoms with E-state index in [-0.39, 0.29) is 0 Å². The van der Waals surface area contributed by atoms with Crippen LogP contribution in [0.25, 0.3) is 11.0 Å². The molecule has 4 rings (SSSR count). The lowest BCUT2D eigenvalue weighted by Gasteiger charge is -2.08. The van der Waals surface area contributed by atoms with Crippen molar-refractivity contribution in [3.8, 4) is 0 Å². The Bertz CT molecular complexity index is 797. The van der Waals surface area contributed by atoms with Gasteiger partial charge >= 0.3 is 0 Å². The Kier molecular flexibility index (Phi) is 3.27. The number of hydrogen-bond donors (Lipinski definition) is 0. The van der Waals surface area contributed by atoms with E-state index in [0.29, 0.717) is 17.8 Å². The molecule has 1 saturated carbocycles. The maximum absolute atomic E-state index is 6.11. The number of hydrogen-bond acceptors (Lipinski definition) is 1. The Morgan fingerprint density at radius 3 is 2.76 bits per heavy atom. The highest BCUT2D eigenvalue weighted by molar-refractivity contribution is 9.10. The van der Waals surface area contributed by atoms with Gasteiger partial charge in [-0.25, -0.2) is 4.98 Å². The molecule has 2 nitrogen and oxygen atoms in total. The number of fused-ring (bicyclic) bond motifs is 1. The summed E-state index contributed by atoms with van der Waals surface area (Å²) in [5, 5.41) is 0. The third-order valence-corrected chi connectivity index (χ3v) is 4.89. The van der Waals surface area contributed by atoms with E-state index in [1.54, 1.807) is 0 Å². The summed E-state index contributed by atoms with van der Waals surface area (Å²) in [7, 11) is 0. The summed E-state index contributed by atoms with van der Waals surface area (Å²) < 4.78 is 3.40. The van der Waals surface area contributed by atoms with Gasteiger partial charge in [-0.05, 0) is 30.2 Å². The second kappa shape index (κ2) is 5.15. The number of alkyl halides is 1. The molecule has 0 spiro atoms. The van der Waals surface area contributed by atoms with Crippen molar-refractivity contribution in [1.82, 2.24) is 9.55 Å². The zero-order valence-electron chi connectivity index (χ0n) is 11.3. The van der Waals surface area contributed by atoms with Gasteiger partial charge in [0.25, 0.3) is 0 Å². The van der Waals surface area contributed by atoms with Crippen molar-refractivity contribution >= 4 is 38.6 Å². The van der Waals surface area contributed by atoms with Crippen molar-refractivity contribution < 1.29 is 0 Å². The van der Waals surface area contributed by atoms with Crippen LogP contribution in [0.1, 0.15) is 29.8 Å². The predicted octanol–water partition coefficient (Wildman–Crippen LogP) is 5.27. The fourth-order valence-corrected chi connectivity index (χ4v) is 3.64. The third kappa shape index (κ3) is 2.29. The SMILES string of the molecule is ClCc1nc2ccc(Br)cc2n1C1CC1c1ccccc1. The van der Waals surface area contributed by atoms with E-state index in [4.69, 9.17) is 11.6 Å². The summed E-state index contributed by atoms with van der Waals surface area (Å²) >= 11 is 9.67. The molecule has 2 atom stereocenters. The van der Waals surface area contributed by atoms with Crippen LogP contribution in [0.5, 0.6) is 0 Å². The Morgan fingerprint density at radius 1 is 1.19 bits per heavy atom. The average Bonchev–Trinajstić information content (AvgIpc) is 3.22. The van der Waals surface area contributed by atoms with Crippen molar-refractivity contribution in [2.75, 3.05) is 0 Å². The van der Waals surface area contributed by atoms with Crippen LogP contribution in [0, 0.1) is 0 Å². The van der Waals surface area contributed by atoms with Gasteiger partial charge < -0.3 is 4.57 Å². The van der Waals surface area contributed by atoms with E-state index in [2.05, 4.69) is 61.9 Å². The van der Waals surface area contributed by atoms with Gasteiger partial charge in [0, 0.05) is 16.4 Å². The second-order valence-corrected chi connectivity index (χ2v) is 6.67. The zero-order chi connectivity index (χ0) is 14.4. The van der Waals surface area contributed by atoms with Crippen LogP contribution in [0.3, 0.4) is 0 Å². The van der Waals surface area contributed by atoms with Gasteiger partial charge in [0.2, 0.25) is 0 Å². The van der Waals surface area contributed by atoms with Gasteiger partial charge in [0.15, 0.2) is 0 Å². The first-order valence-corrected chi connectivity index (χ1v) is 8.38. The molecule has 0 amide bonds. The maximum atomic E-state index is 6.11. The molecule has 1 aromatic heterocycles. The minimum atomic E-state index is 0.449. The first-order chi connectivity index (χ1) is 10.3. The molecule has 106 valence electrons. The van der Waals surface area contributed by atoms with Gasteiger partial charge in [-0.1, -0.05) is 46.3 Å². The van der Waals surface area contributed by atoms with Crippen LogP contribution in [0.15, 0.2) is 53.0 Å². The molecule has 1 fully saturated rings. The van der Waals surface area contributed by atoms with Crippen LogP contribution in [0.2, 0.25) is 0 Å². The van der Waals surface area contributed by atoms with E-state index >= 15 is 0 Å². The number of imidazole rings is 1. The normalized spacial score (nSPS) is 20.9. The summed E-state index contributed by atoms with van der Waals surface area (Å²) in [6.45, 7) is 0. The average molecular weight is 362 g/mol. The summed E-state index contributed by atoms with van der Waals surface area (Å²) in [4.78, 5) is 4.67. The van der Waals surface area contributed by atoms with E-state index < -0.39 is 0 Å². The first-order valence-electron chi connectivity index (χ1n) is 7.05. The topological polar surface area (TPSA) is 17.8 Å². The van der Waals surface area contributed by atoms with Crippen LogP contribution in [0.4, 0.5) is 0 Å². The molecule has 4 heteroatoms. The predicted molar refractivity (Wildman–Crippen MR) is 89.8 cm³/mol. The van der Waals surface area contributed by atoms with Gasteiger partial charge in [-0.3, -0.25) is 0 Å². The maximum Gasteiger partial charge on any atom is 0.125 e. The molecular weight excluding hydrogens is 348 g/mol. The molecule has 1 aliphatic rings. The molecule has 0 aliphatic heterocycles.